The maximum atomic E-state index is 13.6. The van der Waals surface area contributed by atoms with E-state index in [4.69, 9.17) is 16.3 Å². The number of halogens is 1. The molecular formula is C27H25ClN2O3. The molecule has 5 nitrogen and oxygen atoms in total. The first-order valence-electron chi connectivity index (χ1n) is 10.8. The van der Waals surface area contributed by atoms with Gasteiger partial charge in [0.1, 0.15) is 11.4 Å². The van der Waals surface area contributed by atoms with Crippen LogP contribution in [-0.2, 0) is 9.59 Å². The Morgan fingerprint density at radius 2 is 1.55 bits per heavy atom. The zero-order valence-corrected chi connectivity index (χ0v) is 19.8. The Labute approximate surface area is 198 Å². The number of imide groups is 1. The number of aryl methyl sites for hydroxylation is 3. The van der Waals surface area contributed by atoms with Crippen molar-refractivity contribution in [2.75, 3.05) is 16.8 Å². The average molecular weight is 461 g/mol. The lowest BCUT2D eigenvalue weighted by molar-refractivity contribution is -0.120. The molecule has 0 aliphatic carbocycles. The number of ether oxygens (including phenoxy) is 1. The summed E-state index contributed by atoms with van der Waals surface area (Å²) >= 11 is 6.29. The van der Waals surface area contributed by atoms with Gasteiger partial charge in [-0.2, -0.15) is 0 Å². The van der Waals surface area contributed by atoms with Crippen LogP contribution in [0.25, 0.3) is 5.57 Å². The first-order chi connectivity index (χ1) is 15.8. The van der Waals surface area contributed by atoms with E-state index in [0.29, 0.717) is 39.9 Å². The third kappa shape index (κ3) is 4.37. The fraction of sp³-hybridized carbons (Fsp3) is 0.185. The molecule has 0 saturated carbocycles. The van der Waals surface area contributed by atoms with E-state index in [1.165, 1.54) is 4.90 Å². The van der Waals surface area contributed by atoms with E-state index in [2.05, 4.69) is 5.32 Å². The quantitative estimate of drug-likeness (QED) is 0.454. The van der Waals surface area contributed by atoms with Gasteiger partial charge in [0.05, 0.1) is 17.9 Å². The number of rotatable bonds is 6. The Morgan fingerprint density at radius 3 is 2.18 bits per heavy atom. The Bertz CT molecular complexity index is 1280. The minimum absolute atomic E-state index is 0.219. The highest BCUT2D eigenvalue weighted by atomic mass is 35.5. The van der Waals surface area contributed by atoms with E-state index in [-0.39, 0.29) is 11.6 Å². The molecule has 4 rings (SSSR count). The number of amides is 2. The molecule has 0 aromatic heterocycles. The van der Waals surface area contributed by atoms with Crippen LogP contribution in [0.1, 0.15) is 29.2 Å². The maximum Gasteiger partial charge on any atom is 0.282 e. The molecule has 1 N–H and O–H groups in total. The van der Waals surface area contributed by atoms with Gasteiger partial charge < -0.3 is 10.1 Å². The Hall–Kier alpha value is -3.57. The van der Waals surface area contributed by atoms with Crippen LogP contribution in [0.5, 0.6) is 5.75 Å². The van der Waals surface area contributed by atoms with Gasteiger partial charge in [0, 0.05) is 10.7 Å². The van der Waals surface area contributed by atoms with Crippen molar-refractivity contribution in [3.8, 4) is 5.75 Å². The van der Waals surface area contributed by atoms with Crippen LogP contribution >= 0.6 is 11.6 Å². The van der Waals surface area contributed by atoms with E-state index in [0.717, 1.165) is 16.7 Å². The highest BCUT2D eigenvalue weighted by Crippen LogP contribution is 2.35. The van der Waals surface area contributed by atoms with Crippen LogP contribution < -0.4 is 15.0 Å². The molecule has 3 aromatic rings. The summed E-state index contributed by atoms with van der Waals surface area (Å²) in [5.41, 5.74) is 5.42. The van der Waals surface area contributed by atoms with Crippen molar-refractivity contribution in [3.05, 3.63) is 93.6 Å². The molecule has 0 saturated heterocycles. The normalized spacial score (nSPS) is 13.7. The van der Waals surface area contributed by atoms with Gasteiger partial charge in [-0.3, -0.25) is 9.59 Å². The standard InChI is InChI=1S/C27H25ClN2O3/c1-5-33-22-12-10-21(11-13-22)30-26(31)24(19-8-6-16(2)18(4)14-19)25(27(30)32)29-20-9-7-17(3)23(28)15-20/h6-15,29H,5H2,1-4H3. The summed E-state index contributed by atoms with van der Waals surface area (Å²) in [6, 6.07) is 18.1. The van der Waals surface area contributed by atoms with Gasteiger partial charge >= 0.3 is 0 Å². The highest BCUT2D eigenvalue weighted by Gasteiger charge is 2.40. The second-order valence-corrected chi connectivity index (χ2v) is 8.42. The molecular weight excluding hydrogens is 436 g/mol. The molecule has 2 amide bonds. The largest absolute Gasteiger partial charge is 0.494 e. The molecule has 1 aliphatic rings. The summed E-state index contributed by atoms with van der Waals surface area (Å²) < 4.78 is 5.49. The number of nitrogens with one attached hydrogen (secondary N) is 1. The van der Waals surface area contributed by atoms with Gasteiger partial charge in [0.2, 0.25) is 0 Å². The monoisotopic (exact) mass is 460 g/mol. The molecule has 0 bridgehead atoms. The number of anilines is 2. The van der Waals surface area contributed by atoms with E-state index < -0.39 is 5.91 Å². The predicted molar refractivity (Wildman–Crippen MR) is 133 cm³/mol. The van der Waals surface area contributed by atoms with Gasteiger partial charge in [-0.1, -0.05) is 35.9 Å². The minimum atomic E-state index is -0.422. The third-order valence-electron chi connectivity index (χ3n) is 5.73. The number of hydrogen-bond donors (Lipinski definition) is 1. The van der Waals surface area contributed by atoms with Gasteiger partial charge in [-0.15, -0.1) is 0 Å². The van der Waals surface area contributed by atoms with Gasteiger partial charge in [0.25, 0.3) is 11.8 Å². The summed E-state index contributed by atoms with van der Waals surface area (Å²) in [4.78, 5) is 28.3. The third-order valence-corrected chi connectivity index (χ3v) is 6.13. The number of hydrogen-bond acceptors (Lipinski definition) is 4. The molecule has 0 fully saturated rings. The van der Waals surface area contributed by atoms with Crippen molar-refractivity contribution in [1.29, 1.82) is 0 Å². The Morgan fingerprint density at radius 1 is 0.848 bits per heavy atom. The summed E-state index contributed by atoms with van der Waals surface area (Å²) in [5.74, 6) is -0.127. The van der Waals surface area contributed by atoms with Gasteiger partial charge in [-0.25, -0.2) is 4.90 Å². The molecule has 0 atom stereocenters. The second kappa shape index (κ2) is 9.12. The van der Waals surface area contributed by atoms with Crippen molar-refractivity contribution in [2.45, 2.75) is 27.7 Å². The molecule has 168 valence electrons. The molecule has 0 radical (unpaired) electrons. The summed E-state index contributed by atoms with van der Waals surface area (Å²) in [5, 5.41) is 3.74. The van der Waals surface area contributed by atoms with Crippen molar-refractivity contribution >= 4 is 40.4 Å². The smallest absolute Gasteiger partial charge is 0.282 e. The summed E-state index contributed by atoms with van der Waals surface area (Å²) in [6.07, 6.45) is 0. The van der Waals surface area contributed by atoms with Crippen LogP contribution in [0.3, 0.4) is 0 Å². The zero-order chi connectivity index (χ0) is 23.7. The molecule has 1 heterocycles. The molecule has 6 heteroatoms. The van der Waals surface area contributed by atoms with Crippen molar-refractivity contribution < 1.29 is 14.3 Å². The SMILES string of the molecule is CCOc1ccc(N2C(=O)C(Nc3ccc(C)c(Cl)c3)=C(c3ccc(C)c(C)c3)C2=O)cc1. The Kier molecular flexibility index (Phi) is 6.25. The lowest BCUT2D eigenvalue weighted by atomic mass is 9.99. The van der Waals surface area contributed by atoms with Crippen molar-refractivity contribution in [2.24, 2.45) is 0 Å². The first kappa shape index (κ1) is 22.6. The molecule has 0 unspecified atom stereocenters. The minimum Gasteiger partial charge on any atom is -0.494 e. The van der Waals surface area contributed by atoms with Crippen molar-refractivity contribution in [1.82, 2.24) is 0 Å². The van der Waals surface area contributed by atoms with E-state index in [1.807, 2.05) is 58.0 Å². The summed E-state index contributed by atoms with van der Waals surface area (Å²) in [7, 11) is 0. The molecule has 0 spiro atoms. The predicted octanol–water partition coefficient (Wildman–Crippen LogP) is 6.06. The van der Waals surface area contributed by atoms with E-state index in [1.54, 1.807) is 30.3 Å². The van der Waals surface area contributed by atoms with Crippen LogP contribution in [0.2, 0.25) is 5.02 Å². The number of carbonyl (C=O) groups excluding carboxylic acids is 2. The van der Waals surface area contributed by atoms with Crippen LogP contribution in [0, 0.1) is 20.8 Å². The van der Waals surface area contributed by atoms with Gasteiger partial charge in [-0.05, 0) is 86.3 Å². The average Bonchev–Trinajstić information content (AvgIpc) is 3.03. The van der Waals surface area contributed by atoms with Crippen LogP contribution in [0.4, 0.5) is 11.4 Å². The maximum absolute atomic E-state index is 13.6. The lowest BCUT2D eigenvalue weighted by Crippen LogP contribution is -2.32. The van der Waals surface area contributed by atoms with Crippen LogP contribution in [-0.4, -0.2) is 18.4 Å². The van der Waals surface area contributed by atoms with Crippen LogP contribution in [0.15, 0.2) is 66.4 Å². The molecule has 1 aliphatic heterocycles. The van der Waals surface area contributed by atoms with Gasteiger partial charge in [0.15, 0.2) is 0 Å². The Balaban J connectivity index is 1.79. The topological polar surface area (TPSA) is 58.6 Å². The van der Waals surface area contributed by atoms with Crippen molar-refractivity contribution in [3.63, 3.8) is 0 Å². The first-order valence-corrected chi connectivity index (χ1v) is 11.1. The molecule has 3 aromatic carbocycles. The fourth-order valence-electron chi connectivity index (χ4n) is 3.72. The lowest BCUT2D eigenvalue weighted by Gasteiger charge is -2.16. The zero-order valence-electron chi connectivity index (χ0n) is 19.0. The molecule has 33 heavy (non-hydrogen) atoms. The van der Waals surface area contributed by atoms with E-state index in [9.17, 15) is 9.59 Å². The summed E-state index contributed by atoms with van der Waals surface area (Å²) in [6.45, 7) is 8.33. The fourth-order valence-corrected chi connectivity index (χ4v) is 3.90. The number of benzene rings is 3. The highest BCUT2D eigenvalue weighted by molar-refractivity contribution is 6.46. The number of carbonyl (C=O) groups is 2. The second-order valence-electron chi connectivity index (χ2n) is 8.01. The van der Waals surface area contributed by atoms with E-state index >= 15 is 0 Å². The number of nitrogens with zero attached hydrogens (tertiary/aromatic N) is 1.